The Kier molecular flexibility index (Phi) is 2.82. The zero-order valence-corrected chi connectivity index (χ0v) is 9.10. The minimum absolute atomic E-state index is 0.0570. The van der Waals surface area contributed by atoms with Gasteiger partial charge < -0.3 is 14.6 Å². The number of benzene rings is 1. The Morgan fingerprint density at radius 1 is 1.53 bits per heavy atom. The molecule has 0 radical (unpaired) electrons. The topological polar surface area (TPSA) is 72.8 Å². The molecule has 0 atom stereocenters. The molecule has 0 amide bonds. The number of para-hydroxylation sites is 1. The van der Waals surface area contributed by atoms with E-state index in [9.17, 15) is 9.59 Å². The smallest absolute Gasteiger partial charge is 0.328 e. The summed E-state index contributed by atoms with van der Waals surface area (Å²) in [4.78, 5) is 22.5. The summed E-state index contributed by atoms with van der Waals surface area (Å²) in [5, 5.41) is 8.62. The fourth-order valence-electron chi connectivity index (χ4n) is 1.65. The Bertz CT molecular complexity index is 516. The maximum atomic E-state index is 12.0. The third-order valence-corrected chi connectivity index (χ3v) is 2.40. The molecule has 0 saturated heterocycles. The Morgan fingerprint density at radius 2 is 2.29 bits per heavy atom. The van der Waals surface area contributed by atoms with Gasteiger partial charge in [-0.3, -0.25) is 4.79 Å². The first-order valence-corrected chi connectivity index (χ1v) is 4.91. The van der Waals surface area contributed by atoms with Crippen LogP contribution in [0.2, 0.25) is 0 Å². The van der Waals surface area contributed by atoms with Gasteiger partial charge in [-0.15, -0.1) is 0 Å². The van der Waals surface area contributed by atoms with Gasteiger partial charge in [0.1, 0.15) is 6.61 Å². The lowest BCUT2D eigenvalue weighted by Crippen LogP contribution is -2.20. The number of ketones is 1. The fourth-order valence-corrected chi connectivity index (χ4v) is 1.65. The van der Waals surface area contributed by atoms with Crippen molar-refractivity contribution in [1.29, 1.82) is 0 Å². The molecule has 1 heterocycles. The predicted octanol–water partition coefficient (Wildman–Crippen LogP) is 1.28. The van der Waals surface area contributed by atoms with Gasteiger partial charge >= 0.3 is 5.97 Å². The van der Waals surface area contributed by atoms with Gasteiger partial charge in [0.15, 0.2) is 17.3 Å². The minimum Gasteiger partial charge on any atom is -0.493 e. The van der Waals surface area contributed by atoms with Crippen LogP contribution in [0.5, 0.6) is 11.5 Å². The van der Waals surface area contributed by atoms with Crippen molar-refractivity contribution in [3.63, 3.8) is 0 Å². The van der Waals surface area contributed by atoms with E-state index in [0.29, 0.717) is 17.1 Å². The lowest BCUT2D eigenvalue weighted by atomic mass is 10.00. The number of Topliss-reactive ketones (excluding diaryl/α,β-unsaturated/α-hetero) is 1. The lowest BCUT2D eigenvalue weighted by Gasteiger charge is -2.20. The van der Waals surface area contributed by atoms with E-state index >= 15 is 0 Å². The highest BCUT2D eigenvalue weighted by Gasteiger charge is 2.26. The summed E-state index contributed by atoms with van der Waals surface area (Å²) >= 11 is 0. The molecule has 0 unspecified atom stereocenters. The normalized spacial score (nSPS) is 16.3. The summed E-state index contributed by atoms with van der Waals surface area (Å²) in [6.45, 7) is -0.0570. The maximum absolute atomic E-state index is 12.0. The van der Waals surface area contributed by atoms with Gasteiger partial charge in [-0.2, -0.15) is 0 Å². The summed E-state index contributed by atoms with van der Waals surface area (Å²) in [5.41, 5.74) is 0.446. The molecule has 1 aromatic carbocycles. The van der Waals surface area contributed by atoms with Crippen LogP contribution in [0, 0.1) is 0 Å². The molecule has 0 spiro atoms. The summed E-state index contributed by atoms with van der Waals surface area (Å²) in [5.74, 6) is -0.677. The van der Waals surface area contributed by atoms with Crippen molar-refractivity contribution in [2.45, 2.75) is 0 Å². The fraction of sp³-hybridized carbons (Fsp3) is 0.167. The number of carboxylic acid groups (broad SMARTS) is 1. The van der Waals surface area contributed by atoms with Crippen molar-refractivity contribution in [1.82, 2.24) is 0 Å². The molecule has 17 heavy (non-hydrogen) atoms. The number of carboxylic acids is 1. The van der Waals surface area contributed by atoms with Crippen LogP contribution in [0.3, 0.4) is 0 Å². The van der Waals surface area contributed by atoms with Gasteiger partial charge in [-0.05, 0) is 12.1 Å². The molecule has 5 heteroatoms. The molecular formula is C12H10O5. The molecule has 1 aromatic rings. The second-order valence-electron chi connectivity index (χ2n) is 3.46. The van der Waals surface area contributed by atoms with Crippen LogP contribution in [-0.2, 0) is 4.79 Å². The second-order valence-corrected chi connectivity index (χ2v) is 3.46. The third-order valence-electron chi connectivity index (χ3n) is 2.40. The zero-order valence-electron chi connectivity index (χ0n) is 9.10. The average Bonchev–Trinajstić information content (AvgIpc) is 2.31. The van der Waals surface area contributed by atoms with Gasteiger partial charge in [0, 0.05) is 11.6 Å². The van der Waals surface area contributed by atoms with Crippen LogP contribution >= 0.6 is 0 Å². The van der Waals surface area contributed by atoms with Crippen LogP contribution in [0.15, 0.2) is 29.8 Å². The first kappa shape index (κ1) is 11.2. The Hall–Kier alpha value is -2.30. The Labute approximate surface area is 97.3 Å². The van der Waals surface area contributed by atoms with Gasteiger partial charge in [-0.1, -0.05) is 6.07 Å². The summed E-state index contributed by atoms with van der Waals surface area (Å²) in [6.07, 6.45) is 0.866. The molecule has 2 rings (SSSR count). The molecule has 1 aliphatic rings. The number of fused-ring (bicyclic) bond motifs is 1. The van der Waals surface area contributed by atoms with Crippen molar-refractivity contribution in [3.8, 4) is 11.5 Å². The molecule has 88 valence electrons. The first-order chi connectivity index (χ1) is 8.13. The highest BCUT2D eigenvalue weighted by molar-refractivity contribution is 6.14. The van der Waals surface area contributed by atoms with E-state index in [1.54, 1.807) is 18.2 Å². The van der Waals surface area contributed by atoms with Crippen molar-refractivity contribution >= 4 is 11.8 Å². The number of methoxy groups -OCH3 is 1. The van der Waals surface area contributed by atoms with Crippen LogP contribution in [0.4, 0.5) is 0 Å². The maximum Gasteiger partial charge on any atom is 0.328 e. The van der Waals surface area contributed by atoms with Gasteiger partial charge in [0.2, 0.25) is 0 Å². The van der Waals surface area contributed by atoms with Crippen molar-refractivity contribution in [2.75, 3.05) is 13.7 Å². The van der Waals surface area contributed by atoms with Gasteiger partial charge in [-0.25, -0.2) is 4.79 Å². The third kappa shape index (κ3) is 1.99. The summed E-state index contributed by atoms with van der Waals surface area (Å²) in [7, 11) is 1.48. The van der Waals surface area contributed by atoms with E-state index in [2.05, 4.69) is 0 Å². The molecule has 0 aromatic heterocycles. The molecule has 1 aliphatic heterocycles. The van der Waals surface area contributed by atoms with E-state index in [4.69, 9.17) is 14.6 Å². The Morgan fingerprint density at radius 3 is 2.94 bits per heavy atom. The van der Waals surface area contributed by atoms with Crippen molar-refractivity contribution in [2.24, 2.45) is 0 Å². The van der Waals surface area contributed by atoms with Crippen LogP contribution in [0.1, 0.15) is 10.4 Å². The predicted molar refractivity (Wildman–Crippen MR) is 58.5 cm³/mol. The van der Waals surface area contributed by atoms with Crippen LogP contribution in [-0.4, -0.2) is 30.6 Å². The van der Waals surface area contributed by atoms with Crippen molar-refractivity contribution in [3.05, 3.63) is 35.4 Å². The molecule has 0 fully saturated rings. The first-order valence-electron chi connectivity index (χ1n) is 4.91. The number of hydrogen-bond donors (Lipinski definition) is 1. The largest absolute Gasteiger partial charge is 0.493 e. The number of rotatable bonds is 2. The molecule has 0 bridgehead atoms. The van der Waals surface area contributed by atoms with E-state index in [1.807, 2.05) is 0 Å². The van der Waals surface area contributed by atoms with Gasteiger partial charge in [0.25, 0.3) is 0 Å². The highest BCUT2D eigenvalue weighted by atomic mass is 16.5. The zero-order chi connectivity index (χ0) is 12.4. The molecule has 5 nitrogen and oxygen atoms in total. The SMILES string of the molecule is COc1cccc2c1OCC(=CC(=O)O)C2=O. The highest BCUT2D eigenvalue weighted by Crippen LogP contribution is 2.35. The van der Waals surface area contributed by atoms with E-state index < -0.39 is 5.97 Å². The second kappa shape index (κ2) is 4.29. The number of aliphatic carboxylic acids is 1. The Balaban J connectivity index is 2.47. The number of carbonyl (C=O) groups is 2. The van der Waals surface area contributed by atoms with Crippen molar-refractivity contribution < 1.29 is 24.2 Å². The minimum atomic E-state index is -1.16. The van der Waals surface area contributed by atoms with E-state index in [-0.39, 0.29) is 18.0 Å². The lowest BCUT2D eigenvalue weighted by molar-refractivity contribution is -0.131. The van der Waals surface area contributed by atoms with E-state index in [0.717, 1.165) is 6.08 Å². The quantitative estimate of drug-likeness (QED) is 0.780. The monoisotopic (exact) mass is 234 g/mol. The van der Waals surface area contributed by atoms with Gasteiger partial charge in [0.05, 0.1) is 12.7 Å². The molecule has 1 N–H and O–H groups in total. The molecule has 0 saturated carbocycles. The van der Waals surface area contributed by atoms with Crippen LogP contribution in [0.25, 0.3) is 0 Å². The number of carbonyl (C=O) groups excluding carboxylic acids is 1. The average molecular weight is 234 g/mol. The van der Waals surface area contributed by atoms with Crippen LogP contribution < -0.4 is 9.47 Å². The molecule has 0 aliphatic carbocycles. The van der Waals surface area contributed by atoms with E-state index in [1.165, 1.54) is 7.11 Å². The molecular weight excluding hydrogens is 224 g/mol. The summed E-state index contributed by atoms with van der Waals surface area (Å²) in [6, 6.07) is 4.91. The number of ether oxygens (including phenoxy) is 2. The number of hydrogen-bond acceptors (Lipinski definition) is 4. The standard InChI is InChI=1S/C12H10O5/c1-16-9-4-2-3-8-11(15)7(5-10(13)14)6-17-12(8)9/h2-5H,6H2,1H3,(H,13,14). The summed E-state index contributed by atoms with van der Waals surface area (Å²) < 4.78 is 10.4.